The van der Waals surface area contributed by atoms with E-state index in [1.807, 2.05) is 0 Å². The Bertz CT molecular complexity index is 805. The summed E-state index contributed by atoms with van der Waals surface area (Å²) in [5, 5.41) is 3.31. The van der Waals surface area contributed by atoms with Crippen molar-refractivity contribution in [3.8, 4) is 0 Å². The minimum Gasteiger partial charge on any atom is -0.335 e. The first-order chi connectivity index (χ1) is 14.2. The molecule has 2 bridgehead atoms. The summed E-state index contributed by atoms with van der Waals surface area (Å²) in [4.78, 5) is 27.7. The first kappa shape index (κ1) is 19.2. The third kappa shape index (κ3) is 3.85. The summed E-state index contributed by atoms with van der Waals surface area (Å²) in [5.74, 6) is 1.30. The molecule has 158 valence electrons. The number of pyridine rings is 1. The molecule has 29 heavy (non-hydrogen) atoms. The van der Waals surface area contributed by atoms with Gasteiger partial charge in [-0.05, 0) is 49.5 Å². The lowest BCUT2D eigenvalue weighted by atomic mass is 9.76. The van der Waals surface area contributed by atoms with Crippen LogP contribution < -0.4 is 10.9 Å². The molecule has 3 fully saturated rings. The number of likely N-dealkylation sites (tertiary alicyclic amines) is 1. The Hall–Kier alpha value is -1.78. The van der Waals surface area contributed by atoms with Crippen molar-refractivity contribution >= 4 is 6.03 Å². The highest BCUT2D eigenvalue weighted by atomic mass is 16.2. The quantitative estimate of drug-likeness (QED) is 0.806. The number of fused-ring (bicyclic) bond motifs is 4. The number of piperidine rings is 1. The molecule has 1 aromatic rings. The SMILES string of the molecule is O=C(NC1CCCCC1)N1CC2CC(C1)c1c(C3CCCCC3)ccc(=O)n1C2. The van der Waals surface area contributed by atoms with Gasteiger partial charge in [-0.15, -0.1) is 0 Å². The van der Waals surface area contributed by atoms with Gasteiger partial charge in [0.2, 0.25) is 0 Å². The molecule has 5 rings (SSSR count). The first-order valence-corrected chi connectivity index (χ1v) is 12.0. The largest absolute Gasteiger partial charge is 0.335 e. The summed E-state index contributed by atoms with van der Waals surface area (Å²) in [6.45, 7) is 2.32. The molecule has 0 radical (unpaired) electrons. The zero-order chi connectivity index (χ0) is 19.8. The molecule has 2 aliphatic carbocycles. The lowest BCUT2D eigenvalue weighted by Gasteiger charge is -2.44. The Labute approximate surface area is 173 Å². The maximum atomic E-state index is 13.0. The molecular weight excluding hydrogens is 362 g/mol. The van der Waals surface area contributed by atoms with E-state index in [0.717, 1.165) is 38.9 Å². The number of hydrogen-bond acceptors (Lipinski definition) is 2. The minimum atomic E-state index is 0.123. The Morgan fingerprint density at radius 1 is 0.862 bits per heavy atom. The summed E-state index contributed by atoms with van der Waals surface area (Å²) in [6, 6.07) is 4.39. The summed E-state index contributed by atoms with van der Waals surface area (Å²) < 4.78 is 2.07. The van der Waals surface area contributed by atoms with Crippen molar-refractivity contribution in [2.75, 3.05) is 13.1 Å². The van der Waals surface area contributed by atoms with Gasteiger partial charge in [-0.1, -0.05) is 44.6 Å². The number of rotatable bonds is 2. The van der Waals surface area contributed by atoms with Crippen LogP contribution in [-0.4, -0.2) is 34.6 Å². The second-order valence-corrected chi connectivity index (χ2v) is 9.95. The van der Waals surface area contributed by atoms with Crippen molar-refractivity contribution in [1.29, 1.82) is 0 Å². The van der Waals surface area contributed by atoms with Crippen LogP contribution in [0.5, 0.6) is 0 Å². The zero-order valence-electron chi connectivity index (χ0n) is 17.6. The Kier molecular flexibility index (Phi) is 5.40. The maximum Gasteiger partial charge on any atom is 0.317 e. The van der Waals surface area contributed by atoms with Gasteiger partial charge in [-0.2, -0.15) is 0 Å². The second kappa shape index (κ2) is 8.16. The third-order valence-electron chi connectivity index (χ3n) is 7.89. The molecule has 2 aliphatic heterocycles. The fourth-order valence-corrected chi connectivity index (χ4v) is 6.49. The second-order valence-electron chi connectivity index (χ2n) is 9.95. The van der Waals surface area contributed by atoms with Crippen LogP contribution in [0.1, 0.15) is 93.7 Å². The molecule has 1 saturated heterocycles. The average Bonchev–Trinajstić information content (AvgIpc) is 2.75. The Balaban J connectivity index is 1.38. The van der Waals surface area contributed by atoms with Crippen LogP contribution in [-0.2, 0) is 6.54 Å². The van der Waals surface area contributed by atoms with Crippen molar-refractivity contribution in [1.82, 2.24) is 14.8 Å². The van der Waals surface area contributed by atoms with Crippen LogP contribution in [0.3, 0.4) is 0 Å². The van der Waals surface area contributed by atoms with E-state index in [2.05, 4.69) is 20.9 Å². The minimum absolute atomic E-state index is 0.123. The lowest BCUT2D eigenvalue weighted by molar-refractivity contribution is 0.126. The molecule has 2 atom stereocenters. The molecule has 1 aromatic heterocycles. The number of carbonyl (C=O) groups excluding carboxylic acids is 1. The van der Waals surface area contributed by atoms with Gasteiger partial charge in [-0.25, -0.2) is 4.79 Å². The highest BCUT2D eigenvalue weighted by molar-refractivity contribution is 5.74. The fourth-order valence-electron chi connectivity index (χ4n) is 6.49. The van der Waals surface area contributed by atoms with E-state index < -0.39 is 0 Å². The molecule has 0 aromatic carbocycles. The van der Waals surface area contributed by atoms with Crippen molar-refractivity contribution in [3.05, 3.63) is 33.7 Å². The number of nitrogens with zero attached hydrogens (tertiary/aromatic N) is 2. The van der Waals surface area contributed by atoms with E-state index in [1.165, 1.54) is 62.6 Å². The zero-order valence-corrected chi connectivity index (χ0v) is 17.6. The number of nitrogens with one attached hydrogen (secondary N) is 1. The molecule has 2 unspecified atom stereocenters. The van der Waals surface area contributed by atoms with Crippen LogP contribution in [0.4, 0.5) is 4.79 Å². The van der Waals surface area contributed by atoms with Crippen LogP contribution >= 0.6 is 0 Å². The van der Waals surface area contributed by atoms with Crippen molar-refractivity contribution < 1.29 is 4.79 Å². The van der Waals surface area contributed by atoms with Gasteiger partial charge >= 0.3 is 6.03 Å². The first-order valence-electron chi connectivity index (χ1n) is 12.0. The summed E-state index contributed by atoms with van der Waals surface area (Å²) in [7, 11) is 0. The van der Waals surface area contributed by atoms with E-state index >= 15 is 0 Å². The van der Waals surface area contributed by atoms with Gasteiger partial charge in [0, 0.05) is 43.4 Å². The standard InChI is InChI=1S/C24H35N3O2/c28-22-12-11-21(18-7-3-1-4-8-18)23-19-13-17(15-27(22)23)14-26(16-19)24(29)25-20-9-5-2-6-10-20/h11-12,17-20H,1-10,13-16H2,(H,25,29). The molecule has 5 nitrogen and oxygen atoms in total. The Morgan fingerprint density at radius 3 is 2.34 bits per heavy atom. The number of aromatic nitrogens is 1. The van der Waals surface area contributed by atoms with Gasteiger partial charge in [0.15, 0.2) is 0 Å². The highest BCUT2D eigenvalue weighted by Gasteiger charge is 2.39. The number of hydrogen-bond donors (Lipinski definition) is 1. The summed E-state index contributed by atoms with van der Waals surface area (Å²) in [6.07, 6.45) is 13.6. The van der Waals surface area contributed by atoms with Crippen molar-refractivity contribution in [3.63, 3.8) is 0 Å². The predicted molar refractivity (Wildman–Crippen MR) is 114 cm³/mol. The van der Waals surface area contributed by atoms with Crippen molar-refractivity contribution in [2.24, 2.45) is 5.92 Å². The van der Waals surface area contributed by atoms with Crippen LogP contribution in [0, 0.1) is 5.92 Å². The van der Waals surface area contributed by atoms with E-state index in [4.69, 9.17) is 0 Å². The van der Waals surface area contributed by atoms with Crippen LogP contribution in [0.2, 0.25) is 0 Å². The summed E-state index contributed by atoms with van der Waals surface area (Å²) >= 11 is 0. The molecule has 3 heterocycles. The van der Waals surface area contributed by atoms with Gasteiger partial charge in [-0.3, -0.25) is 4.79 Å². The third-order valence-corrected chi connectivity index (χ3v) is 7.89. The highest BCUT2D eigenvalue weighted by Crippen LogP contribution is 2.42. The van der Waals surface area contributed by atoms with Gasteiger partial charge in [0.25, 0.3) is 5.56 Å². The fraction of sp³-hybridized carbons (Fsp3) is 0.750. The molecule has 2 amide bonds. The molecule has 0 spiro atoms. The van der Waals surface area contributed by atoms with Gasteiger partial charge in [0.1, 0.15) is 0 Å². The maximum absolute atomic E-state index is 13.0. The number of carbonyl (C=O) groups is 1. The van der Waals surface area contributed by atoms with Gasteiger partial charge < -0.3 is 14.8 Å². The molecular formula is C24H35N3O2. The molecule has 2 saturated carbocycles. The molecule has 4 aliphatic rings. The van der Waals surface area contributed by atoms with E-state index in [0.29, 0.717) is 23.8 Å². The van der Waals surface area contributed by atoms with Crippen molar-refractivity contribution in [2.45, 2.75) is 95.1 Å². The predicted octanol–water partition coefficient (Wildman–Crippen LogP) is 4.36. The summed E-state index contributed by atoms with van der Waals surface area (Å²) in [5.41, 5.74) is 2.81. The average molecular weight is 398 g/mol. The monoisotopic (exact) mass is 397 g/mol. The topological polar surface area (TPSA) is 54.3 Å². The Morgan fingerprint density at radius 2 is 1.59 bits per heavy atom. The lowest BCUT2D eigenvalue weighted by Crippen LogP contribution is -2.54. The number of amides is 2. The van der Waals surface area contributed by atoms with E-state index in [-0.39, 0.29) is 11.6 Å². The van der Waals surface area contributed by atoms with Crippen LogP contribution in [0.15, 0.2) is 16.9 Å². The normalized spacial score (nSPS) is 28.1. The van der Waals surface area contributed by atoms with Gasteiger partial charge in [0.05, 0.1) is 0 Å². The van der Waals surface area contributed by atoms with Crippen LogP contribution in [0.25, 0.3) is 0 Å². The smallest absolute Gasteiger partial charge is 0.317 e. The van der Waals surface area contributed by atoms with E-state index in [9.17, 15) is 9.59 Å². The molecule has 5 heteroatoms. The molecule has 1 N–H and O–H groups in total. The number of urea groups is 1. The van der Waals surface area contributed by atoms with E-state index in [1.54, 1.807) is 6.07 Å².